The number of methoxy groups -OCH3 is 1. The van der Waals surface area contributed by atoms with Crippen molar-refractivity contribution in [1.29, 1.82) is 0 Å². The van der Waals surface area contributed by atoms with E-state index in [-0.39, 0.29) is 18.2 Å². The van der Waals surface area contributed by atoms with Gasteiger partial charge in [-0.25, -0.2) is 9.97 Å². The van der Waals surface area contributed by atoms with Crippen molar-refractivity contribution >= 4 is 59.2 Å². The molecule has 2 saturated heterocycles. The van der Waals surface area contributed by atoms with Gasteiger partial charge in [-0.1, -0.05) is 48.0 Å². The predicted octanol–water partition coefficient (Wildman–Crippen LogP) is 5.68. The molecule has 1 unspecified atom stereocenters. The van der Waals surface area contributed by atoms with E-state index in [1.807, 2.05) is 42.5 Å². The summed E-state index contributed by atoms with van der Waals surface area (Å²) >= 11 is 8.28. The van der Waals surface area contributed by atoms with Crippen LogP contribution in [-0.2, 0) is 33.5 Å². The molecule has 1 aromatic heterocycles. The molecule has 0 bridgehead atoms. The van der Waals surface area contributed by atoms with Crippen molar-refractivity contribution in [2.45, 2.75) is 62.0 Å². The van der Waals surface area contributed by atoms with Crippen LogP contribution < -0.4 is 25.6 Å². The zero-order chi connectivity index (χ0) is 38.7. The van der Waals surface area contributed by atoms with Crippen molar-refractivity contribution in [1.82, 2.24) is 25.5 Å². The number of ether oxygens (including phenoxy) is 1. The van der Waals surface area contributed by atoms with E-state index < -0.39 is 19.1 Å². The Kier molecular flexibility index (Phi) is 12.0. The number of carbonyl (C=O) groups excluding carboxylic acids is 3. The number of hydrogen-bond donors (Lipinski definition) is 2. The summed E-state index contributed by atoms with van der Waals surface area (Å²) in [5, 5.41) is 7.43. The lowest BCUT2D eigenvalue weighted by atomic mass is 10.0. The van der Waals surface area contributed by atoms with Crippen molar-refractivity contribution in [2.75, 3.05) is 50.7 Å². The third-order valence-electron chi connectivity index (χ3n) is 10.6. The van der Waals surface area contributed by atoms with Crippen molar-refractivity contribution < 1.29 is 23.7 Å². The van der Waals surface area contributed by atoms with Crippen molar-refractivity contribution in [3.8, 4) is 5.75 Å². The summed E-state index contributed by atoms with van der Waals surface area (Å²) in [6.45, 7) is 6.63. The zero-order valence-electron chi connectivity index (χ0n) is 31.3. The third kappa shape index (κ3) is 8.93. The van der Waals surface area contributed by atoms with Crippen LogP contribution in [0.15, 0.2) is 71.8 Å². The van der Waals surface area contributed by atoms with Gasteiger partial charge in [0.2, 0.25) is 11.8 Å². The summed E-state index contributed by atoms with van der Waals surface area (Å²) in [5.41, 5.74) is 5.37. The van der Waals surface area contributed by atoms with Crippen LogP contribution in [0.2, 0.25) is 5.02 Å². The van der Waals surface area contributed by atoms with Crippen molar-refractivity contribution in [3.05, 3.63) is 106 Å². The number of nitrogens with zero attached hydrogens (tertiary/aromatic N) is 4. The van der Waals surface area contributed by atoms with Crippen LogP contribution in [0.3, 0.4) is 0 Å². The van der Waals surface area contributed by atoms with Gasteiger partial charge in [-0.2, -0.15) is 0 Å². The Morgan fingerprint density at radius 3 is 2.56 bits per heavy atom. The van der Waals surface area contributed by atoms with E-state index in [0.29, 0.717) is 54.0 Å². The number of nitrogens with one attached hydrogen (secondary N) is 2. The van der Waals surface area contributed by atoms with Crippen LogP contribution in [0.4, 0.5) is 5.69 Å². The molecule has 3 aliphatic rings. The molecule has 4 aromatic rings. The highest BCUT2D eigenvalue weighted by Crippen LogP contribution is 2.37. The lowest BCUT2D eigenvalue weighted by Crippen LogP contribution is -2.52. The quantitative estimate of drug-likeness (QED) is 0.0754. The van der Waals surface area contributed by atoms with Gasteiger partial charge < -0.3 is 24.4 Å². The number of imide groups is 1. The number of benzene rings is 3. The topological polar surface area (TPSA) is 134 Å². The highest BCUT2D eigenvalue weighted by Gasteiger charge is 2.39. The standard InChI is InChI=1S/C41H46ClN6O5PS/c1-53-35-23-29(12-11-26(35)22-38-44-24-32(42)33(45-38)21-27-7-4-5-9-36(27)54(2,3)52)47-18-15-28(16-19-47)43-17-20-55-37-10-6-8-30-31(37)25-48(41(30)51)34-13-14-39(49)46-40(34)50/h4-12,23-24,28,34,43H,13-22,25H2,1-3H3,(H,46,49,50). The second-order valence-electron chi connectivity index (χ2n) is 14.7. The van der Waals surface area contributed by atoms with E-state index in [1.54, 1.807) is 43.3 Å². The molecule has 0 radical (unpaired) electrons. The van der Waals surface area contributed by atoms with Gasteiger partial charge >= 0.3 is 0 Å². The fourth-order valence-electron chi connectivity index (χ4n) is 7.72. The molecule has 288 valence electrons. The van der Waals surface area contributed by atoms with E-state index >= 15 is 0 Å². The van der Waals surface area contributed by atoms with Crippen molar-refractivity contribution in [3.63, 3.8) is 0 Å². The van der Waals surface area contributed by atoms with E-state index in [9.17, 15) is 18.9 Å². The van der Waals surface area contributed by atoms with Crippen LogP contribution in [-0.4, -0.2) is 90.5 Å². The predicted molar refractivity (Wildman–Crippen MR) is 218 cm³/mol. The van der Waals surface area contributed by atoms with E-state index in [2.05, 4.69) is 38.7 Å². The number of piperidine rings is 2. The maximum absolute atomic E-state index is 13.2. The first-order chi connectivity index (χ1) is 26.5. The normalized spacial score (nSPS) is 17.7. The number of hydrogen-bond acceptors (Lipinski definition) is 10. The molecular formula is C41H46ClN6O5PS. The number of fused-ring (bicyclic) bond motifs is 1. The number of carbonyl (C=O) groups is 3. The van der Waals surface area contributed by atoms with Crippen LogP contribution >= 0.6 is 30.5 Å². The molecule has 14 heteroatoms. The molecule has 3 amide bonds. The smallest absolute Gasteiger partial charge is 0.255 e. The molecule has 3 aliphatic heterocycles. The summed E-state index contributed by atoms with van der Waals surface area (Å²) in [4.78, 5) is 51.7. The second-order valence-corrected chi connectivity index (χ2v) is 19.4. The van der Waals surface area contributed by atoms with Crippen molar-refractivity contribution in [2.24, 2.45) is 0 Å². The first-order valence-electron chi connectivity index (χ1n) is 18.7. The summed E-state index contributed by atoms with van der Waals surface area (Å²) in [7, 11) is -0.785. The number of aromatic nitrogens is 2. The van der Waals surface area contributed by atoms with Gasteiger partial charge in [0.15, 0.2) is 0 Å². The molecule has 1 atom stereocenters. The Labute approximate surface area is 331 Å². The van der Waals surface area contributed by atoms with Gasteiger partial charge in [0, 0.05) is 96.5 Å². The van der Waals surface area contributed by atoms with Gasteiger partial charge in [-0.15, -0.1) is 11.8 Å². The average Bonchev–Trinajstić information content (AvgIpc) is 3.51. The fourth-order valence-corrected chi connectivity index (χ4v) is 10.1. The minimum atomic E-state index is -2.47. The molecule has 7 rings (SSSR count). The first kappa shape index (κ1) is 39.0. The van der Waals surface area contributed by atoms with Crippen LogP contribution in [0.5, 0.6) is 5.75 Å². The second kappa shape index (κ2) is 16.9. The largest absolute Gasteiger partial charge is 0.496 e. The molecule has 2 N–H and O–H groups in total. The Morgan fingerprint density at radius 1 is 1.00 bits per heavy atom. The highest BCUT2D eigenvalue weighted by molar-refractivity contribution is 7.99. The number of anilines is 1. The first-order valence-corrected chi connectivity index (χ1v) is 22.6. The van der Waals surface area contributed by atoms with Crippen LogP contribution in [0.25, 0.3) is 0 Å². The Bertz CT molecular complexity index is 2160. The van der Waals surface area contributed by atoms with Gasteiger partial charge in [0.1, 0.15) is 24.8 Å². The Hall–Kier alpha value is -4.22. The molecule has 0 saturated carbocycles. The minimum absolute atomic E-state index is 0.144. The molecular weight excluding hydrogens is 755 g/mol. The molecule has 11 nitrogen and oxygen atoms in total. The molecule has 3 aromatic carbocycles. The number of amides is 3. The lowest BCUT2D eigenvalue weighted by molar-refractivity contribution is -0.136. The molecule has 2 fully saturated rings. The van der Waals surface area contributed by atoms with Gasteiger partial charge in [0.25, 0.3) is 5.91 Å². The summed E-state index contributed by atoms with van der Waals surface area (Å²) in [6.07, 6.45) is 5.23. The molecule has 0 aliphatic carbocycles. The summed E-state index contributed by atoms with van der Waals surface area (Å²) in [6, 6.07) is 19.7. The Balaban J connectivity index is 0.903. The number of rotatable bonds is 13. The average molecular weight is 801 g/mol. The summed E-state index contributed by atoms with van der Waals surface area (Å²) in [5.74, 6) is 1.46. The molecule has 55 heavy (non-hydrogen) atoms. The van der Waals surface area contributed by atoms with Crippen LogP contribution in [0.1, 0.15) is 64.2 Å². The zero-order valence-corrected chi connectivity index (χ0v) is 33.8. The third-order valence-corrected chi connectivity index (χ3v) is 13.6. The number of thioether (sulfide) groups is 1. The molecule has 0 spiro atoms. The summed E-state index contributed by atoms with van der Waals surface area (Å²) < 4.78 is 18.8. The highest BCUT2D eigenvalue weighted by atomic mass is 35.5. The van der Waals surface area contributed by atoms with Crippen LogP contribution in [0, 0.1) is 0 Å². The molecule has 4 heterocycles. The minimum Gasteiger partial charge on any atom is -0.496 e. The monoisotopic (exact) mass is 800 g/mol. The fraction of sp³-hybridized carbons (Fsp3) is 0.390. The maximum atomic E-state index is 13.2. The van der Waals surface area contributed by atoms with E-state index in [4.69, 9.17) is 21.3 Å². The SMILES string of the molecule is COc1cc(N2CCC(NCCSc3cccc4c3CN(C3CCC(=O)NC3=O)C4=O)CC2)ccc1Cc1ncc(Cl)c(Cc2ccccc2P(C)(C)=O)n1. The Morgan fingerprint density at radius 2 is 1.80 bits per heavy atom. The lowest BCUT2D eigenvalue weighted by Gasteiger charge is -2.34. The van der Waals surface area contributed by atoms with E-state index in [0.717, 1.165) is 76.6 Å². The van der Waals surface area contributed by atoms with Gasteiger partial charge in [0.05, 0.1) is 17.8 Å². The maximum Gasteiger partial charge on any atom is 0.255 e. The number of halogens is 1. The van der Waals surface area contributed by atoms with Gasteiger partial charge in [-0.3, -0.25) is 19.7 Å². The van der Waals surface area contributed by atoms with E-state index in [1.165, 1.54) is 0 Å². The van der Waals surface area contributed by atoms with Gasteiger partial charge in [-0.05, 0) is 61.9 Å².